The van der Waals surface area contributed by atoms with E-state index in [9.17, 15) is 14.7 Å². The van der Waals surface area contributed by atoms with E-state index in [1.165, 1.54) is 0 Å². The van der Waals surface area contributed by atoms with Crippen LogP contribution in [0.2, 0.25) is 0 Å². The number of phenolic OH excluding ortho intramolecular Hbond substituents is 1. The van der Waals surface area contributed by atoms with Crippen LogP contribution >= 0.6 is 0 Å². The minimum absolute atomic E-state index is 0.0593. The van der Waals surface area contributed by atoms with Crippen LogP contribution in [-0.2, 0) is 16.0 Å². The largest absolute Gasteiger partial charge is 0.508 e. The van der Waals surface area contributed by atoms with Crippen molar-refractivity contribution in [1.29, 1.82) is 0 Å². The third-order valence-electron chi connectivity index (χ3n) is 4.49. The maximum Gasteiger partial charge on any atom is 0.255 e. The number of amides is 1. The topological polar surface area (TPSA) is 66.4 Å². The number of rotatable bonds is 7. The van der Waals surface area contributed by atoms with Crippen molar-refractivity contribution in [2.24, 2.45) is 11.8 Å². The Labute approximate surface area is 137 Å². The zero-order valence-corrected chi connectivity index (χ0v) is 14.0. The number of nitrogens with one attached hydrogen (secondary N) is 1. The Morgan fingerprint density at radius 3 is 2.52 bits per heavy atom. The molecular formula is C19H25NO3. The molecule has 0 saturated heterocycles. The van der Waals surface area contributed by atoms with Gasteiger partial charge in [0, 0.05) is 5.92 Å². The lowest BCUT2D eigenvalue weighted by atomic mass is 9.89. The Hall–Kier alpha value is -2.10. The van der Waals surface area contributed by atoms with E-state index in [2.05, 4.69) is 19.2 Å². The molecule has 0 saturated carbocycles. The van der Waals surface area contributed by atoms with Gasteiger partial charge in [0.05, 0.1) is 11.6 Å². The van der Waals surface area contributed by atoms with Crippen molar-refractivity contribution in [3.8, 4) is 5.75 Å². The van der Waals surface area contributed by atoms with E-state index in [1.807, 2.05) is 19.1 Å². The highest BCUT2D eigenvalue weighted by Gasteiger charge is 2.30. The fraction of sp³-hybridized carbons (Fsp3) is 0.474. The van der Waals surface area contributed by atoms with Gasteiger partial charge in [0.15, 0.2) is 5.78 Å². The first-order valence-corrected chi connectivity index (χ1v) is 8.25. The van der Waals surface area contributed by atoms with Crippen LogP contribution in [0.1, 0.15) is 39.2 Å². The van der Waals surface area contributed by atoms with Crippen molar-refractivity contribution in [3.05, 3.63) is 41.5 Å². The van der Waals surface area contributed by atoms with Gasteiger partial charge in [-0.1, -0.05) is 39.3 Å². The Kier molecular flexibility index (Phi) is 5.59. The normalized spacial score (nSPS) is 19.9. The fourth-order valence-electron chi connectivity index (χ4n) is 2.90. The summed E-state index contributed by atoms with van der Waals surface area (Å²) in [5.41, 5.74) is 1.30. The minimum Gasteiger partial charge on any atom is -0.508 e. The number of aromatic hydroxyl groups is 1. The molecular weight excluding hydrogens is 290 g/mol. The van der Waals surface area contributed by atoms with Gasteiger partial charge >= 0.3 is 0 Å². The summed E-state index contributed by atoms with van der Waals surface area (Å²) in [6, 6.07) is 6.72. The van der Waals surface area contributed by atoms with E-state index in [-0.39, 0.29) is 29.4 Å². The molecule has 1 aliphatic heterocycles. The number of carbonyl (C=O) groups is 2. The zero-order valence-electron chi connectivity index (χ0n) is 14.0. The number of hydrogen-bond acceptors (Lipinski definition) is 3. The van der Waals surface area contributed by atoms with Gasteiger partial charge in [-0.2, -0.15) is 0 Å². The van der Waals surface area contributed by atoms with E-state index in [4.69, 9.17) is 0 Å². The number of Topliss-reactive ketones (excluding diaryl/α,β-unsaturated/α-hetero) is 1. The number of hydrogen-bond donors (Lipinski definition) is 2. The summed E-state index contributed by atoms with van der Waals surface area (Å²) in [4.78, 5) is 24.6. The molecule has 1 heterocycles. The van der Waals surface area contributed by atoms with Crippen molar-refractivity contribution >= 4 is 11.7 Å². The second-order valence-corrected chi connectivity index (χ2v) is 6.55. The minimum atomic E-state index is -0.269. The average Bonchev–Trinajstić information content (AvgIpc) is 2.89. The van der Waals surface area contributed by atoms with E-state index < -0.39 is 0 Å². The molecule has 1 aromatic carbocycles. The summed E-state index contributed by atoms with van der Waals surface area (Å²) in [6.07, 6.45) is 4.21. The molecule has 3 unspecified atom stereocenters. The Morgan fingerprint density at radius 1 is 1.26 bits per heavy atom. The second kappa shape index (κ2) is 7.44. The molecule has 0 fully saturated rings. The molecule has 0 radical (unpaired) electrons. The van der Waals surface area contributed by atoms with Crippen molar-refractivity contribution in [2.45, 2.75) is 46.1 Å². The van der Waals surface area contributed by atoms with Crippen molar-refractivity contribution in [1.82, 2.24) is 5.32 Å². The van der Waals surface area contributed by atoms with Crippen LogP contribution in [0.15, 0.2) is 35.9 Å². The standard InChI is InChI=1S/C19H25NO3/c1-4-12(2)9-13(3)18(22)17-11-15(20-19(17)23)10-14-5-7-16(21)8-6-14/h5-8,11-13,15,21H,4,9-10H2,1-3H3,(H,20,23). The molecule has 23 heavy (non-hydrogen) atoms. The van der Waals surface area contributed by atoms with Crippen molar-refractivity contribution in [2.75, 3.05) is 0 Å². The van der Waals surface area contributed by atoms with Gasteiger partial charge in [-0.25, -0.2) is 0 Å². The third-order valence-corrected chi connectivity index (χ3v) is 4.49. The molecule has 2 rings (SSSR count). The highest BCUT2D eigenvalue weighted by molar-refractivity contribution is 6.21. The molecule has 4 nitrogen and oxygen atoms in total. The first-order chi connectivity index (χ1) is 10.9. The maximum atomic E-state index is 12.5. The Morgan fingerprint density at radius 2 is 1.91 bits per heavy atom. The zero-order chi connectivity index (χ0) is 17.0. The van der Waals surface area contributed by atoms with Gasteiger partial charge in [-0.15, -0.1) is 0 Å². The van der Waals surface area contributed by atoms with Crippen LogP contribution < -0.4 is 5.32 Å². The summed E-state index contributed by atoms with van der Waals surface area (Å²) in [7, 11) is 0. The summed E-state index contributed by atoms with van der Waals surface area (Å²) in [5, 5.41) is 12.2. The van der Waals surface area contributed by atoms with E-state index >= 15 is 0 Å². The van der Waals surface area contributed by atoms with Crippen LogP contribution in [0.25, 0.3) is 0 Å². The number of carbonyl (C=O) groups excluding carboxylic acids is 2. The van der Waals surface area contributed by atoms with Crippen LogP contribution in [0, 0.1) is 11.8 Å². The SMILES string of the molecule is CCC(C)CC(C)C(=O)C1=CC(Cc2ccc(O)cc2)NC1=O. The molecule has 1 amide bonds. The molecule has 0 aliphatic carbocycles. The van der Waals surface area contributed by atoms with Gasteiger partial charge in [0.1, 0.15) is 5.75 Å². The van der Waals surface area contributed by atoms with Crippen LogP contribution in [0.5, 0.6) is 5.75 Å². The molecule has 0 aromatic heterocycles. The average molecular weight is 315 g/mol. The van der Waals surface area contributed by atoms with Crippen molar-refractivity contribution in [3.63, 3.8) is 0 Å². The van der Waals surface area contributed by atoms with Gasteiger partial charge < -0.3 is 10.4 Å². The van der Waals surface area contributed by atoms with Gasteiger partial charge in [-0.05, 0) is 42.5 Å². The predicted octanol–water partition coefficient (Wildman–Crippen LogP) is 3.00. The Bertz CT molecular complexity index is 604. The number of ketones is 1. The van der Waals surface area contributed by atoms with Crippen LogP contribution in [-0.4, -0.2) is 22.8 Å². The Balaban J connectivity index is 2.03. The van der Waals surface area contributed by atoms with Crippen LogP contribution in [0.3, 0.4) is 0 Å². The molecule has 0 bridgehead atoms. The third kappa shape index (κ3) is 4.44. The highest BCUT2D eigenvalue weighted by atomic mass is 16.3. The lowest BCUT2D eigenvalue weighted by Crippen LogP contribution is -2.30. The van der Waals surface area contributed by atoms with Crippen molar-refractivity contribution < 1.29 is 14.7 Å². The fourth-order valence-corrected chi connectivity index (χ4v) is 2.90. The van der Waals surface area contributed by atoms with Gasteiger partial charge in [-0.3, -0.25) is 9.59 Å². The highest BCUT2D eigenvalue weighted by Crippen LogP contribution is 2.22. The summed E-state index contributed by atoms with van der Waals surface area (Å²) < 4.78 is 0. The summed E-state index contributed by atoms with van der Waals surface area (Å²) >= 11 is 0. The number of benzene rings is 1. The molecule has 0 spiro atoms. The molecule has 4 heteroatoms. The van der Waals surface area contributed by atoms with Gasteiger partial charge in [0.2, 0.25) is 0 Å². The lowest BCUT2D eigenvalue weighted by Gasteiger charge is -2.14. The predicted molar refractivity (Wildman–Crippen MR) is 90.1 cm³/mol. The van der Waals surface area contributed by atoms with E-state index in [0.717, 1.165) is 18.4 Å². The first-order valence-electron chi connectivity index (χ1n) is 8.25. The maximum absolute atomic E-state index is 12.5. The monoisotopic (exact) mass is 315 g/mol. The smallest absolute Gasteiger partial charge is 0.255 e. The summed E-state index contributed by atoms with van der Waals surface area (Å²) in [5.74, 6) is 0.237. The molecule has 124 valence electrons. The van der Waals surface area contributed by atoms with E-state index in [1.54, 1.807) is 18.2 Å². The quantitative estimate of drug-likeness (QED) is 0.760. The molecule has 3 atom stereocenters. The lowest BCUT2D eigenvalue weighted by molar-refractivity contribution is -0.124. The first kappa shape index (κ1) is 17.3. The van der Waals surface area contributed by atoms with E-state index in [0.29, 0.717) is 17.9 Å². The van der Waals surface area contributed by atoms with Gasteiger partial charge in [0.25, 0.3) is 5.91 Å². The molecule has 1 aliphatic rings. The second-order valence-electron chi connectivity index (χ2n) is 6.55. The molecule has 2 N–H and O–H groups in total. The van der Waals surface area contributed by atoms with Crippen LogP contribution in [0.4, 0.5) is 0 Å². The molecule has 1 aromatic rings. The summed E-state index contributed by atoms with van der Waals surface area (Å²) in [6.45, 7) is 6.13. The number of phenols is 1.